The minimum Gasteiger partial charge on any atom is -0.325 e. The van der Waals surface area contributed by atoms with Crippen LogP contribution in [0, 0.1) is 13.8 Å². The van der Waals surface area contributed by atoms with Crippen LogP contribution in [0.4, 0.5) is 5.69 Å². The molecular formula is C21H24N4O5S. The van der Waals surface area contributed by atoms with Gasteiger partial charge < -0.3 is 5.32 Å². The fourth-order valence-electron chi connectivity index (χ4n) is 3.45. The molecule has 0 aliphatic heterocycles. The van der Waals surface area contributed by atoms with Gasteiger partial charge in [0.1, 0.15) is 0 Å². The summed E-state index contributed by atoms with van der Waals surface area (Å²) in [5.41, 5.74) is 1.76. The van der Waals surface area contributed by atoms with E-state index < -0.39 is 33.7 Å². The lowest BCUT2D eigenvalue weighted by molar-refractivity contribution is -0.116. The van der Waals surface area contributed by atoms with Crippen molar-refractivity contribution in [1.82, 2.24) is 13.4 Å². The SMILES string of the molecule is Cc1cc(C)cc(NC(=O)CN(C)S(=O)(=O)c2ccc3c(c2)c(=O)n(C)c(=O)n3C)c1. The number of benzene rings is 2. The van der Waals surface area contributed by atoms with Gasteiger partial charge in [-0.05, 0) is 55.3 Å². The van der Waals surface area contributed by atoms with Crippen molar-refractivity contribution in [3.63, 3.8) is 0 Å². The summed E-state index contributed by atoms with van der Waals surface area (Å²) >= 11 is 0. The Kier molecular flexibility index (Phi) is 5.88. The number of sulfonamides is 1. The molecule has 3 rings (SSSR count). The van der Waals surface area contributed by atoms with Crippen molar-refractivity contribution >= 4 is 32.5 Å². The van der Waals surface area contributed by atoms with Gasteiger partial charge in [-0.3, -0.25) is 18.7 Å². The van der Waals surface area contributed by atoms with Crippen LogP contribution in [0.3, 0.4) is 0 Å². The van der Waals surface area contributed by atoms with E-state index in [1.54, 1.807) is 12.1 Å². The van der Waals surface area contributed by atoms with Gasteiger partial charge in [0.2, 0.25) is 15.9 Å². The molecule has 31 heavy (non-hydrogen) atoms. The second kappa shape index (κ2) is 8.12. The first-order valence-corrected chi connectivity index (χ1v) is 10.9. The zero-order chi connectivity index (χ0) is 23.1. The second-order valence-electron chi connectivity index (χ2n) is 7.57. The van der Waals surface area contributed by atoms with E-state index in [0.717, 1.165) is 20.0 Å². The molecule has 0 radical (unpaired) electrons. The van der Waals surface area contributed by atoms with Crippen LogP contribution in [0.5, 0.6) is 0 Å². The largest absolute Gasteiger partial charge is 0.330 e. The molecule has 3 aromatic rings. The number of rotatable bonds is 5. The van der Waals surface area contributed by atoms with Crippen LogP contribution < -0.4 is 16.6 Å². The second-order valence-corrected chi connectivity index (χ2v) is 9.62. The maximum Gasteiger partial charge on any atom is 0.330 e. The Morgan fingerprint density at radius 1 is 1.00 bits per heavy atom. The highest BCUT2D eigenvalue weighted by molar-refractivity contribution is 7.89. The van der Waals surface area contributed by atoms with E-state index in [1.807, 2.05) is 19.9 Å². The molecule has 0 spiro atoms. The van der Waals surface area contributed by atoms with Gasteiger partial charge in [0.25, 0.3) is 5.56 Å². The Morgan fingerprint density at radius 2 is 1.61 bits per heavy atom. The molecular weight excluding hydrogens is 420 g/mol. The highest BCUT2D eigenvalue weighted by Gasteiger charge is 2.24. The number of hydrogen-bond donors (Lipinski definition) is 1. The minimum absolute atomic E-state index is 0.0961. The summed E-state index contributed by atoms with van der Waals surface area (Å²) in [4.78, 5) is 36.8. The number of aryl methyl sites for hydroxylation is 3. The standard InChI is InChI=1S/C21H24N4O5S/c1-13-8-14(2)10-15(9-13)22-19(26)12-23(3)31(29,30)16-6-7-18-17(11-16)20(27)25(5)21(28)24(18)4/h6-11H,12H2,1-5H3,(H,22,26). The van der Waals surface area contributed by atoms with Crippen LogP contribution in [0.25, 0.3) is 10.9 Å². The third kappa shape index (κ3) is 4.30. The van der Waals surface area contributed by atoms with E-state index in [9.17, 15) is 22.8 Å². The summed E-state index contributed by atoms with van der Waals surface area (Å²) in [6, 6.07) is 9.51. The number of carbonyl (C=O) groups is 1. The molecule has 2 aromatic carbocycles. The fraction of sp³-hybridized carbons (Fsp3) is 0.286. The van der Waals surface area contributed by atoms with Crippen molar-refractivity contribution in [3.8, 4) is 0 Å². The number of amides is 1. The van der Waals surface area contributed by atoms with Crippen LogP contribution >= 0.6 is 0 Å². The molecule has 164 valence electrons. The molecule has 1 N–H and O–H groups in total. The van der Waals surface area contributed by atoms with Crippen molar-refractivity contribution in [2.75, 3.05) is 18.9 Å². The van der Waals surface area contributed by atoms with Crippen LogP contribution in [-0.4, -0.2) is 41.4 Å². The van der Waals surface area contributed by atoms with E-state index in [-0.39, 0.29) is 10.3 Å². The number of likely N-dealkylation sites (N-methyl/N-ethyl adjacent to an activating group) is 1. The summed E-state index contributed by atoms with van der Waals surface area (Å²) in [6.07, 6.45) is 0. The van der Waals surface area contributed by atoms with Gasteiger partial charge >= 0.3 is 5.69 Å². The Hall–Kier alpha value is -3.24. The predicted octanol–water partition coefficient (Wildman–Crippen LogP) is 1.11. The normalized spacial score (nSPS) is 11.8. The molecule has 1 aromatic heterocycles. The topological polar surface area (TPSA) is 110 Å². The molecule has 9 nitrogen and oxygen atoms in total. The molecule has 0 saturated carbocycles. The molecule has 0 atom stereocenters. The maximum atomic E-state index is 13.0. The summed E-state index contributed by atoms with van der Waals surface area (Å²) in [5, 5.41) is 2.80. The van der Waals surface area contributed by atoms with Crippen molar-refractivity contribution in [2.45, 2.75) is 18.7 Å². The van der Waals surface area contributed by atoms with E-state index in [1.165, 1.54) is 43.9 Å². The summed E-state index contributed by atoms with van der Waals surface area (Å²) in [5.74, 6) is -0.491. The van der Waals surface area contributed by atoms with Crippen LogP contribution in [0.2, 0.25) is 0 Å². The van der Waals surface area contributed by atoms with Gasteiger partial charge in [0.15, 0.2) is 0 Å². The van der Waals surface area contributed by atoms with Crippen LogP contribution in [0.1, 0.15) is 11.1 Å². The average molecular weight is 445 g/mol. The maximum absolute atomic E-state index is 13.0. The monoisotopic (exact) mass is 444 g/mol. The zero-order valence-electron chi connectivity index (χ0n) is 18.0. The van der Waals surface area contributed by atoms with Gasteiger partial charge in [-0.1, -0.05) is 6.07 Å². The highest BCUT2D eigenvalue weighted by Crippen LogP contribution is 2.19. The molecule has 0 saturated heterocycles. The number of anilines is 1. The first-order valence-electron chi connectivity index (χ1n) is 9.46. The highest BCUT2D eigenvalue weighted by atomic mass is 32.2. The molecule has 0 aliphatic carbocycles. The van der Waals surface area contributed by atoms with Gasteiger partial charge in [-0.25, -0.2) is 13.2 Å². The quantitative estimate of drug-likeness (QED) is 0.634. The molecule has 10 heteroatoms. The van der Waals surface area contributed by atoms with Gasteiger partial charge in [0.05, 0.1) is 22.3 Å². The first-order chi connectivity index (χ1) is 14.4. The van der Waals surface area contributed by atoms with Crippen molar-refractivity contribution < 1.29 is 13.2 Å². The third-order valence-corrected chi connectivity index (χ3v) is 6.82. The Bertz CT molecular complexity index is 1400. The van der Waals surface area contributed by atoms with Crippen LogP contribution in [-0.2, 0) is 28.9 Å². The number of nitrogens with zero attached hydrogens (tertiary/aromatic N) is 3. The third-order valence-electron chi connectivity index (χ3n) is 5.02. The van der Waals surface area contributed by atoms with Crippen molar-refractivity contribution in [2.24, 2.45) is 14.1 Å². The molecule has 0 bridgehead atoms. The summed E-state index contributed by atoms with van der Waals surface area (Å²) in [6.45, 7) is 3.40. The first kappa shape index (κ1) is 22.4. The van der Waals surface area contributed by atoms with E-state index in [2.05, 4.69) is 5.32 Å². The van der Waals surface area contributed by atoms with Crippen LogP contribution in [0.15, 0.2) is 50.9 Å². The summed E-state index contributed by atoms with van der Waals surface area (Å²) in [7, 11) is 0.0712. The van der Waals surface area contributed by atoms with E-state index >= 15 is 0 Å². The van der Waals surface area contributed by atoms with Gasteiger partial charge in [-0.15, -0.1) is 0 Å². The molecule has 1 amide bonds. The lowest BCUT2D eigenvalue weighted by atomic mass is 10.1. The number of hydrogen-bond acceptors (Lipinski definition) is 5. The molecule has 0 aliphatic rings. The molecule has 0 fully saturated rings. The average Bonchev–Trinajstić information content (AvgIpc) is 2.69. The van der Waals surface area contributed by atoms with Gasteiger partial charge in [0, 0.05) is 26.8 Å². The lowest BCUT2D eigenvalue weighted by Crippen LogP contribution is -2.37. The van der Waals surface area contributed by atoms with Crippen molar-refractivity contribution in [3.05, 3.63) is 68.4 Å². The zero-order valence-corrected chi connectivity index (χ0v) is 18.8. The molecule has 0 unspecified atom stereocenters. The Labute approximate surface area is 179 Å². The predicted molar refractivity (Wildman–Crippen MR) is 119 cm³/mol. The fourth-order valence-corrected chi connectivity index (χ4v) is 4.60. The van der Waals surface area contributed by atoms with Gasteiger partial charge in [-0.2, -0.15) is 4.31 Å². The lowest BCUT2D eigenvalue weighted by Gasteiger charge is -2.18. The minimum atomic E-state index is -4.05. The number of fused-ring (bicyclic) bond motifs is 1. The van der Waals surface area contributed by atoms with Crippen molar-refractivity contribution in [1.29, 1.82) is 0 Å². The summed E-state index contributed by atoms with van der Waals surface area (Å²) < 4.78 is 29.1. The Morgan fingerprint density at radius 3 is 2.23 bits per heavy atom. The van der Waals surface area contributed by atoms with E-state index in [4.69, 9.17) is 0 Å². The number of nitrogens with one attached hydrogen (secondary N) is 1. The smallest absolute Gasteiger partial charge is 0.325 e. The molecule has 1 heterocycles. The van der Waals surface area contributed by atoms with E-state index in [0.29, 0.717) is 11.2 Å². The number of carbonyl (C=O) groups excluding carboxylic acids is 1. The number of aromatic nitrogens is 2. The Balaban J connectivity index is 1.90.